The van der Waals surface area contributed by atoms with Crippen LogP contribution in [0.25, 0.3) is 0 Å². The van der Waals surface area contributed by atoms with E-state index in [0.717, 1.165) is 18.7 Å². The van der Waals surface area contributed by atoms with E-state index in [2.05, 4.69) is 31.7 Å². The Bertz CT molecular complexity index is 649. The van der Waals surface area contributed by atoms with Gasteiger partial charge in [0.1, 0.15) is 6.07 Å². The van der Waals surface area contributed by atoms with Crippen molar-refractivity contribution in [1.29, 1.82) is 5.26 Å². The minimum Gasteiger partial charge on any atom is -0.453 e. The average molecular weight is 350 g/mol. The molecule has 0 spiro atoms. The molecule has 6 heteroatoms. The standard InChI is InChI=1S/C18H24ClN3O2/c1-18(2,3)12-22(14-6-5-13(10-20)16(19)9-14)15-7-8-21(11-15)17(23)24-4/h5-6,9,15H,7-8,11-12H2,1-4H3. The highest BCUT2D eigenvalue weighted by Gasteiger charge is 2.33. The molecule has 0 radical (unpaired) electrons. The minimum atomic E-state index is -0.286. The molecule has 1 aliphatic heterocycles. The molecular weight excluding hydrogens is 326 g/mol. The summed E-state index contributed by atoms with van der Waals surface area (Å²) in [6.45, 7) is 8.67. The van der Waals surface area contributed by atoms with Crippen molar-refractivity contribution in [1.82, 2.24) is 4.90 Å². The van der Waals surface area contributed by atoms with Crippen molar-refractivity contribution in [3.63, 3.8) is 0 Å². The molecule has 0 bridgehead atoms. The Morgan fingerprint density at radius 1 is 1.50 bits per heavy atom. The second kappa shape index (κ2) is 7.31. The van der Waals surface area contributed by atoms with Crippen molar-refractivity contribution in [2.24, 2.45) is 5.41 Å². The zero-order valence-electron chi connectivity index (χ0n) is 14.7. The molecule has 0 N–H and O–H groups in total. The number of benzene rings is 1. The van der Waals surface area contributed by atoms with Crippen LogP contribution in [-0.4, -0.2) is 43.8 Å². The molecule has 0 saturated carbocycles. The van der Waals surface area contributed by atoms with Gasteiger partial charge in [0.15, 0.2) is 0 Å². The molecule has 1 saturated heterocycles. The van der Waals surface area contributed by atoms with Gasteiger partial charge in [-0.1, -0.05) is 32.4 Å². The van der Waals surface area contributed by atoms with Crippen molar-refractivity contribution in [2.75, 3.05) is 31.6 Å². The molecule has 1 aromatic rings. The summed E-state index contributed by atoms with van der Waals surface area (Å²) < 4.78 is 4.83. The first-order valence-corrected chi connectivity index (χ1v) is 8.42. The number of ether oxygens (including phenoxy) is 1. The van der Waals surface area contributed by atoms with Gasteiger partial charge in [-0.05, 0) is 30.0 Å². The van der Waals surface area contributed by atoms with Crippen LogP contribution in [0, 0.1) is 16.7 Å². The third kappa shape index (κ3) is 4.33. The summed E-state index contributed by atoms with van der Waals surface area (Å²) in [5.74, 6) is 0. The summed E-state index contributed by atoms with van der Waals surface area (Å²) in [5.41, 5.74) is 1.53. The van der Waals surface area contributed by atoms with E-state index < -0.39 is 0 Å². The van der Waals surface area contributed by atoms with Gasteiger partial charge in [-0.25, -0.2) is 4.79 Å². The first kappa shape index (κ1) is 18.4. The van der Waals surface area contributed by atoms with Crippen molar-refractivity contribution in [2.45, 2.75) is 33.2 Å². The van der Waals surface area contributed by atoms with E-state index >= 15 is 0 Å². The second-order valence-electron chi connectivity index (χ2n) is 7.32. The first-order chi connectivity index (χ1) is 11.2. The fourth-order valence-corrected chi connectivity index (χ4v) is 3.22. The van der Waals surface area contributed by atoms with Gasteiger partial charge in [-0.3, -0.25) is 0 Å². The zero-order valence-corrected chi connectivity index (χ0v) is 15.4. The number of amides is 1. The zero-order chi connectivity index (χ0) is 17.9. The fraction of sp³-hybridized carbons (Fsp3) is 0.556. The molecule has 1 fully saturated rings. The Kier molecular flexibility index (Phi) is 5.61. The number of halogens is 1. The molecule has 0 aromatic heterocycles. The molecule has 1 heterocycles. The monoisotopic (exact) mass is 349 g/mol. The third-order valence-corrected chi connectivity index (χ3v) is 4.40. The summed E-state index contributed by atoms with van der Waals surface area (Å²) in [5, 5.41) is 9.52. The van der Waals surface area contributed by atoms with Crippen molar-refractivity contribution >= 4 is 23.4 Å². The highest BCUT2D eigenvalue weighted by molar-refractivity contribution is 6.32. The van der Waals surface area contributed by atoms with E-state index in [9.17, 15) is 4.79 Å². The van der Waals surface area contributed by atoms with Gasteiger partial charge < -0.3 is 14.5 Å². The van der Waals surface area contributed by atoms with Crippen LogP contribution in [0.5, 0.6) is 0 Å². The number of rotatable bonds is 3. The fourth-order valence-electron chi connectivity index (χ4n) is 3.01. The molecule has 0 aliphatic carbocycles. The Hall–Kier alpha value is -1.93. The molecule has 1 atom stereocenters. The van der Waals surface area contributed by atoms with Gasteiger partial charge in [0.2, 0.25) is 0 Å². The van der Waals surface area contributed by atoms with Gasteiger partial charge in [0.05, 0.1) is 17.7 Å². The Labute approximate surface area is 148 Å². The average Bonchev–Trinajstić information content (AvgIpc) is 3.00. The summed E-state index contributed by atoms with van der Waals surface area (Å²) in [4.78, 5) is 15.8. The van der Waals surface area contributed by atoms with Crippen LogP contribution >= 0.6 is 11.6 Å². The van der Waals surface area contributed by atoms with Crippen LogP contribution in [0.4, 0.5) is 10.5 Å². The highest BCUT2D eigenvalue weighted by Crippen LogP contribution is 2.30. The lowest BCUT2D eigenvalue weighted by atomic mass is 9.94. The number of carbonyl (C=O) groups is 1. The van der Waals surface area contributed by atoms with Crippen molar-refractivity contribution in [3.05, 3.63) is 28.8 Å². The van der Waals surface area contributed by atoms with Gasteiger partial charge in [-0.2, -0.15) is 5.26 Å². The lowest BCUT2D eigenvalue weighted by molar-refractivity contribution is 0.132. The van der Waals surface area contributed by atoms with E-state index in [0.29, 0.717) is 23.7 Å². The number of carbonyl (C=O) groups excluding carboxylic acids is 1. The van der Waals surface area contributed by atoms with Crippen LogP contribution in [0.3, 0.4) is 0 Å². The molecule has 1 amide bonds. The lowest BCUT2D eigenvalue weighted by Crippen LogP contribution is -2.43. The van der Waals surface area contributed by atoms with Gasteiger partial charge in [0, 0.05) is 31.4 Å². The van der Waals surface area contributed by atoms with E-state index in [4.69, 9.17) is 21.6 Å². The topological polar surface area (TPSA) is 56.6 Å². The molecular formula is C18H24ClN3O2. The van der Waals surface area contributed by atoms with Crippen LogP contribution in [-0.2, 0) is 4.74 Å². The summed E-state index contributed by atoms with van der Waals surface area (Å²) >= 11 is 6.22. The Morgan fingerprint density at radius 2 is 2.21 bits per heavy atom. The van der Waals surface area contributed by atoms with Crippen LogP contribution in [0.15, 0.2) is 18.2 Å². The highest BCUT2D eigenvalue weighted by atomic mass is 35.5. The maximum absolute atomic E-state index is 11.8. The molecule has 2 rings (SSSR count). The maximum atomic E-state index is 11.8. The summed E-state index contributed by atoms with van der Waals surface area (Å²) in [6, 6.07) is 7.81. The van der Waals surface area contributed by atoms with Gasteiger partial charge in [-0.15, -0.1) is 0 Å². The van der Waals surface area contributed by atoms with E-state index in [1.165, 1.54) is 7.11 Å². The van der Waals surface area contributed by atoms with E-state index in [1.54, 1.807) is 11.0 Å². The molecule has 1 unspecified atom stereocenters. The maximum Gasteiger partial charge on any atom is 0.409 e. The lowest BCUT2D eigenvalue weighted by Gasteiger charge is -2.36. The molecule has 5 nitrogen and oxygen atoms in total. The quantitative estimate of drug-likeness (QED) is 0.830. The molecule has 1 aliphatic rings. The number of methoxy groups -OCH3 is 1. The predicted octanol–water partition coefficient (Wildman–Crippen LogP) is 3.90. The summed E-state index contributed by atoms with van der Waals surface area (Å²) in [6.07, 6.45) is 0.592. The van der Waals surface area contributed by atoms with Crippen LogP contribution in [0.1, 0.15) is 32.8 Å². The third-order valence-electron chi connectivity index (χ3n) is 4.09. The normalized spacial score (nSPS) is 17.5. The molecule has 130 valence electrons. The van der Waals surface area contributed by atoms with Crippen molar-refractivity contribution in [3.8, 4) is 6.07 Å². The molecule has 1 aromatic carbocycles. The predicted molar refractivity (Wildman–Crippen MR) is 95.4 cm³/mol. The number of hydrogen-bond donors (Lipinski definition) is 0. The number of hydrogen-bond acceptors (Lipinski definition) is 4. The number of nitriles is 1. The smallest absolute Gasteiger partial charge is 0.409 e. The van der Waals surface area contributed by atoms with Gasteiger partial charge in [0.25, 0.3) is 0 Å². The van der Waals surface area contributed by atoms with E-state index in [1.807, 2.05) is 12.1 Å². The van der Waals surface area contributed by atoms with E-state index in [-0.39, 0.29) is 17.6 Å². The number of nitrogens with zero attached hydrogens (tertiary/aromatic N) is 3. The van der Waals surface area contributed by atoms with Crippen LogP contribution in [0.2, 0.25) is 5.02 Å². The second-order valence-corrected chi connectivity index (χ2v) is 7.73. The summed E-state index contributed by atoms with van der Waals surface area (Å²) in [7, 11) is 1.41. The SMILES string of the molecule is COC(=O)N1CCC(N(CC(C)(C)C)c2ccc(C#N)c(Cl)c2)C1. The van der Waals surface area contributed by atoms with Crippen molar-refractivity contribution < 1.29 is 9.53 Å². The largest absolute Gasteiger partial charge is 0.453 e. The first-order valence-electron chi connectivity index (χ1n) is 8.04. The molecule has 24 heavy (non-hydrogen) atoms. The number of anilines is 1. The van der Waals surface area contributed by atoms with Gasteiger partial charge >= 0.3 is 6.09 Å². The number of likely N-dealkylation sites (tertiary alicyclic amines) is 1. The van der Waals surface area contributed by atoms with Crippen LogP contribution < -0.4 is 4.90 Å². The Morgan fingerprint density at radius 3 is 2.75 bits per heavy atom. The Balaban J connectivity index is 2.28. The minimum absolute atomic E-state index is 0.0824.